The van der Waals surface area contributed by atoms with Crippen molar-refractivity contribution >= 4 is 45.3 Å². The van der Waals surface area contributed by atoms with Crippen LogP contribution in [0.4, 0.5) is 10.8 Å². The second kappa shape index (κ2) is 9.63. The lowest BCUT2D eigenvalue weighted by molar-refractivity contribution is -0.116. The van der Waals surface area contributed by atoms with Gasteiger partial charge in [0.15, 0.2) is 5.13 Å². The molecule has 4 aromatic rings. The summed E-state index contributed by atoms with van der Waals surface area (Å²) >= 11 is 2.92. The van der Waals surface area contributed by atoms with E-state index >= 15 is 0 Å². The van der Waals surface area contributed by atoms with E-state index in [4.69, 9.17) is 4.52 Å². The first-order valence-electron chi connectivity index (χ1n) is 9.57. The summed E-state index contributed by atoms with van der Waals surface area (Å²) in [5, 5.41) is 13.9. The van der Waals surface area contributed by atoms with E-state index in [1.165, 1.54) is 18.3 Å². The van der Waals surface area contributed by atoms with Crippen LogP contribution < -0.4 is 10.6 Å². The number of amides is 2. The number of nitrogens with one attached hydrogen (secondary N) is 2. The molecular weight excluding hydrogens is 434 g/mol. The summed E-state index contributed by atoms with van der Waals surface area (Å²) in [6.07, 6.45) is 1.47. The van der Waals surface area contributed by atoms with E-state index in [1.807, 2.05) is 47.2 Å². The van der Waals surface area contributed by atoms with Crippen LogP contribution in [0.2, 0.25) is 0 Å². The first-order chi connectivity index (χ1) is 15.1. The smallest absolute Gasteiger partial charge is 0.226 e. The van der Waals surface area contributed by atoms with Crippen LogP contribution >= 0.6 is 22.7 Å². The molecule has 0 aliphatic heterocycles. The molecule has 10 heteroatoms. The summed E-state index contributed by atoms with van der Waals surface area (Å²) in [6, 6.07) is 11.3. The molecule has 0 saturated carbocycles. The quantitative estimate of drug-likeness (QED) is 0.395. The van der Waals surface area contributed by atoms with Gasteiger partial charge in [-0.2, -0.15) is 4.98 Å². The third-order valence-electron chi connectivity index (χ3n) is 4.26. The molecule has 0 atom stereocenters. The molecule has 0 aliphatic rings. The van der Waals surface area contributed by atoms with Crippen molar-refractivity contribution in [2.24, 2.45) is 0 Å². The Labute approximate surface area is 186 Å². The van der Waals surface area contributed by atoms with Crippen LogP contribution in [0.3, 0.4) is 0 Å². The second-order valence-electron chi connectivity index (χ2n) is 6.69. The van der Waals surface area contributed by atoms with E-state index in [-0.39, 0.29) is 11.8 Å². The zero-order valence-electron chi connectivity index (χ0n) is 16.6. The first kappa shape index (κ1) is 20.9. The molecule has 3 heterocycles. The Balaban J connectivity index is 1.26. The predicted molar refractivity (Wildman–Crippen MR) is 121 cm³/mol. The van der Waals surface area contributed by atoms with Gasteiger partial charge in [0.1, 0.15) is 0 Å². The van der Waals surface area contributed by atoms with Crippen LogP contribution in [0.1, 0.15) is 25.7 Å². The SMILES string of the molecule is CC(=O)Nc1ccc(-c2csc(NC(=O)CCCc3nc(-c4cccs4)no3)n2)cc1. The fourth-order valence-electron chi connectivity index (χ4n) is 2.84. The molecule has 0 fully saturated rings. The minimum absolute atomic E-state index is 0.111. The van der Waals surface area contributed by atoms with Gasteiger partial charge in [0.2, 0.25) is 23.5 Å². The maximum atomic E-state index is 12.2. The molecule has 8 nitrogen and oxygen atoms in total. The van der Waals surface area contributed by atoms with Crippen molar-refractivity contribution in [1.82, 2.24) is 15.1 Å². The summed E-state index contributed by atoms with van der Waals surface area (Å²) in [4.78, 5) is 33.1. The van der Waals surface area contributed by atoms with Gasteiger partial charge in [-0.15, -0.1) is 22.7 Å². The summed E-state index contributed by atoms with van der Waals surface area (Å²) in [5.41, 5.74) is 2.40. The van der Waals surface area contributed by atoms with E-state index in [0.717, 1.165) is 21.8 Å². The van der Waals surface area contributed by atoms with E-state index in [1.54, 1.807) is 11.3 Å². The fraction of sp³-hybridized carbons (Fsp3) is 0.190. The Bertz CT molecular complexity index is 1170. The highest BCUT2D eigenvalue weighted by Crippen LogP contribution is 2.26. The molecule has 2 amide bonds. The third-order valence-corrected chi connectivity index (χ3v) is 5.88. The number of aryl methyl sites for hydroxylation is 1. The molecule has 0 saturated heterocycles. The second-order valence-corrected chi connectivity index (χ2v) is 8.49. The number of thiazole rings is 1. The zero-order valence-corrected chi connectivity index (χ0v) is 18.3. The topological polar surface area (TPSA) is 110 Å². The highest BCUT2D eigenvalue weighted by Gasteiger charge is 2.12. The van der Waals surface area contributed by atoms with Gasteiger partial charge in [0.25, 0.3) is 0 Å². The molecule has 0 spiro atoms. The number of aromatic nitrogens is 3. The third kappa shape index (κ3) is 5.62. The number of nitrogens with zero attached hydrogens (tertiary/aromatic N) is 3. The summed E-state index contributed by atoms with van der Waals surface area (Å²) in [5.74, 6) is 0.874. The minimum Gasteiger partial charge on any atom is -0.339 e. The minimum atomic E-state index is -0.117. The summed E-state index contributed by atoms with van der Waals surface area (Å²) < 4.78 is 5.25. The van der Waals surface area contributed by atoms with Crippen molar-refractivity contribution in [3.8, 4) is 22.0 Å². The van der Waals surface area contributed by atoms with Crippen LogP contribution in [0.25, 0.3) is 22.0 Å². The highest BCUT2D eigenvalue weighted by atomic mass is 32.1. The van der Waals surface area contributed by atoms with Gasteiger partial charge in [-0.05, 0) is 30.0 Å². The highest BCUT2D eigenvalue weighted by molar-refractivity contribution is 7.14. The number of anilines is 2. The van der Waals surface area contributed by atoms with Gasteiger partial charge in [-0.1, -0.05) is 23.4 Å². The molecule has 158 valence electrons. The molecule has 0 bridgehead atoms. The molecule has 4 rings (SSSR count). The first-order valence-corrected chi connectivity index (χ1v) is 11.3. The number of rotatable bonds is 8. The molecule has 2 N–H and O–H groups in total. The Morgan fingerprint density at radius 1 is 1.06 bits per heavy atom. The summed E-state index contributed by atoms with van der Waals surface area (Å²) in [7, 11) is 0. The standard InChI is InChI=1S/C21H19N5O3S2/c1-13(27)22-15-9-7-14(8-10-15)16-12-31-21(23-16)24-18(28)5-2-6-19-25-20(26-29-19)17-4-3-11-30-17/h3-4,7-12H,2,5-6H2,1H3,(H,22,27)(H,23,24,28). The fourth-order valence-corrected chi connectivity index (χ4v) is 4.22. The maximum absolute atomic E-state index is 12.2. The van der Waals surface area contributed by atoms with Gasteiger partial charge in [-0.3, -0.25) is 9.59 Å². The largest absolute Gasteiger partial charge is 0.339 e. The molecule has 0 aliphatic carbocycles. The number of carbonyl (C=O) groups is 2. The van der Waals surface area contributed by atoms with Crippen LogP contribution in [-0.2, 0) is 16.0 Å². The number of hydrogen-bond acceptors (Lipinski definition) is 8. The van der Waals surface area contributed by atoms with E-state index in [9.17, 15) is 9.59 Å². The summed E-state index contributed by atoms with van der Waals surface area (Å²) in [6.45, 7) is 1.47. The predicted octanol–water partition coefficient (Wildman–Crippen LogP) is 4.84. The van der Waals surface area contributed by atoms with Gasteiger partial charge in [0.05, 0.1) is 10.6 Å². The Morgan fingerprint density at radius 2 is 1.90 bits per heavy atom. The van der Waals surface area contributed by atoms with Crippen molar-refractivity contribution in [2.75, 3.05) is 10.6 Å². The van der Waals surface area contributed by atoms with Crippen molar-refractivity contribution in [3.05, 3.63) is 53.0 Å². The average Bonchev–Trinajstić information content (AvgIpc) is 3.50. The van der Waals surface area contributed by atoms with Crippen LogP contribution in [0.5, 0.6) is 0 Å². The number of benzene rings is 1. The van der Waals surface area contributed by atoms with E-state index in [0.29, 0.717) is 36.1 Å². The lowest BCUT2D eigenvalue weighted by Crippen LogP contribution is -2.11. The normalized spacial score (nSPS) is 10.7. The monoisotopic (exact) mass is 453 g/mol. The van der Waals surface area contributed by atoms with Crippen molar-refractivity contribution in [3.63, 3.8) is 0 Å². The number of carbonyl (C=O) groups excluding carboxylic acids is 2. The van der Waals surface area contributed by atoms with Gasteiger partial charge in [0, 0.05) is 36.4 Å². The molecule has 1 aromatic carbocycles. The Kier molecular flexibility index (Phi) is 6.48. The van der Waals surface area contributed by atoms with Crippen LogP contribution in [-0.4, -0.2) is 26.9 Å². The lowest BCUT2D eigenvalue weighted by atomic mass is 10.1. The molecule has 31 heavy (non-hydrogen) atoms. The van der Waals surface area contributed by atoms with Crippen molar-refractivity contribution in [1.29, 1.82) is 0 Å². The van der Waals surface area contributed by atoms with Gasteiger partial charge < -0.3 is 15.2 Å². The Hall–Kier alpha value is -3.37. The maximum Gasteiger partial charge on any atom is 0.226 e. The molecule has 0 unspecified atom stereocenters. The zero-order chi connectivity index (χ0) is 21.6. The molecule has 3 aromatic heterocycles. The van der Waals surface area contributed by atoms with Crippen LogP contribution in [0, 0.1) is 0 Å². The van der Waals surface area contributed by atoms with Gasteiger partial charge in [-0.25, -0.2) is 4.98 Å². The Morgan fingerprint density at radius 3 is 2.65 bits per heavy atom. The van der Waals surface area contributed by atoms with Crippen molar-refractivity contribution < 1.29 is 14.1 Å². The lowest BCUT2D eigenvalue weighted by Gasteiger charge is -2.03. The van der Waals surface area contributed by atoms with Crippen molar-refractivity contribution in [2.45, 2.75) is 26.2 Å². The average molecular weight is 454 g/mol. The molecular formula is C21H19N5O3S2. The van der Waals surface area contributed by atoms with Gasteiger partial charge >= 0.3 is 0 Å². The van der Waals surface area contributed by atoms with Crippen LogP contribution in [0.15, 0.2) is 51.7 Å². The molecule has 0 radical (unpaired) electrons. The van der Waals surface area contributed by atoms with E-state index in [2.05, 4.69) is 25.8 Å². The number of thiophene rings is 1. The number of hydrogen-bond donors (Lipinski definition) is 2. The van der Waals surface area contributed by atoms with E-state index < -0.39 is 0 Å².